The number of H-pyrrole nitrogens is 1. The molecule has 1 aromatic heterocycles. The minimum atomic E-state index is 0.326. The van der Waals surface area contributed by atoms with Gasteiger partial charge in [-0.2, -0.15) is 5.06 Å². The van der Waals surface area contributed by atoms with Crippen molar-refractivity contribution in [2.24, 2.45) is 5.92 Å². The van der Waals surface area contributed by atoms with Gasteiger partial charge in [-0.05, 0) is 55.5 Å². The molecule has 0 spiro atoms. The van der Waals surface area contributed by atoms with E-state index in [4.69, 9.17) is 4.84 Å². The number of aromatic nitrogens is 1. The summed E-state index contributed by atoms with van der Waals surface area (Å²) in [4.78, 5) is 12.5. The van der Waals surface area contributed by atoms with E-state index in [1.54, 1.807) is 0 Å². The average Bonchev–Trinajstić information content (AvgIpc) is 3.23. The number of nitrogens with one attached hydrogen (secondary N) is 1. The van der Waals surface area contributed by atoms with Gasteiger partial charge in [0.15, 0.2) is 0 Å². The first-order valence-corrected chi connectivity index (χ1v) is 10.9. The highest BCUT2D eigenvalue weighted by atomic mass is 16.7. The predicted molar refractivity (Wildman–Crippen MR) is 117 cm³/mol. The van der Waals surface area contributed by atoms with Crippen molar-refractivity contribution < 1.29 is 4.84 Å². The summed E-state index contributed by atoms with van der Waals surface area (Å²) in [6, 6.07) is 16.7. The Morgan fingerprint density at radius 1 is 1.10 bits per heavy atom. The number of benzene rings is 2. The SMILES string of the molecule is Cc1cccc(-c2ccc3[nH]c4c(c3c2)CCN2C[C@H]3[C@H](C)ON(C)[C@H]3C[C@@H]42)c1. The van der Waals surface area contributed by atoms with Crippen LogP contribution in [0, 0.1) is 12.8 Å². The maximum absolute atomic E-state index is 6.03. The Kier molecular flexibility index (Phi) is 3.92. The molecule has 2 fully saturated rings. The molecule has 2 saturated heterocycles. The van der Waals surface area contributed by atoms with Crippen LogP contribution in [0.25, 0.3) is 22.0 Å². The fraction of sp³-hybridized carbons (Fsp3) is 0.440. The summed E-state index contributed by atoms with van der Waals surface area (Å²) in [7, 11) is 2.11. The first kappa shape index (κ1) is 17.7. The summed E-state index contributed by atoms with van der Waals surface area (Å²) >= 11 is 0. The Balaban J connectivity index is 1.40. The minimum Gasteiger partial charge on any atom is -0.357 e. The van der Waals surface area contributed by atoms with Crippen molar-refractivity contribution in [3.8, 4) is 11.1 Å². The molecule has 4 nitrogen and oxygen atoms in total. The molecule has 0 bridgehead atoms. The lowest BCUT2D eigenvalue weighted by Crippen LogP contribution is -2.50. The molecule has 2 aromatic carbocycles. The van der Waals surface area contributed by atoms with E-state index in [9.17, 15) is 0 Å². The van der Waals surface area contributed by atoms with Gasteiger partial charge in [-0.25, -0.2) is 0 Å². The lowest BCUT2D eigenvalue weighted by atomic mass is 9.81. The maximum atomic E-state index is 6.03. The Hall–Kier alpha value is -2.14. The topological polar surface area (TPSA) is 31.5 Å². The summed E-state index contributed by atoms with van der Waals surface area (Å²) in [5.41, 5.74) is 8.18. The number of hydroxylamine groups is 2. The first-order chi connectivity index (χ1) is 14.1. The molecule has 0 unspecified atom stereocenters. The van der Waals surface area contributed by atoms with Crippen LogP contribution in [0.15, 0.2) is 42.5 Å². The molecule has 3 aliphatic heterocycles. The second-order valence-electron chi connectivity index (χ2n) is 9.23. The van der Waals surface area contributed by atoms with E-state index in [-0.39, 0.29) is 0 Å². The van der Waals surface area contributed by atoms with Crippen molar-refractivity contribution in [3.63, 3.8) is 0 Å². The monoisotopic (exact) mass is 387 g/mol. The van der Waals surface area contributed by atoms with Gasteiger partial charge >= 0.3 is 0 Å². The highest BCUT2D eigenvalue weighted by molar-refractivity contribution is 5.89. The predicted octanol–water partition coefficient (Wildman–Crippen LogP) is 4.70. The van der Waals surface area contributed by atoms with Crippen LogP contribution < -0.4 is 0 Å². The fourth-order valence-corrected chi connectivity index (χ4v) is 6.00. The molecule has 0 saturated carbocycles. The zero-order valence-electron chi connectivity index (χ0n) is 17.5. The Labute approximate surface area is 172 Å². The van der Waals surface area contributed by atoms with Gasteiger partial charge < -0.3 is 4.98 Å². The van der Waals surface area contributed by atoms with Crippen molar-refractivity contribution in [3.05, 3.63) is 59.3 Å². The number of hydrogen-bond acceptors (Lipinski definition) is 3. The standard InChI is InChI=1S/C25H29N3O/c1-15-5-4-6-17(11-15)18-7-8-22-20(12-18)19-9-10-28-14-21-16(2)29-27(3)23(21)13-24(28)25(19)26-22/h4-8,11-12,16,21,23-24,26H,9-10,13-14H2,1-3H3/t16-,21-,23-,24-/m0/s1. The molecule has 6 rings (SSSR count). The van der Waals surface area contributed by atoms with Crippen molar-refractivity contribution in [2.45, 2.75) is 44.9 Å². The van der Waals surface area contributed by atoms with Crippen molar-refractivity contribution >= 4 is 10.9 Å². The maximum Gasteiger partial charge on any atom is 0.0821 e. The smallest absolute Gasteiger partial charge is 0.0821 e. The summed E-state index contributed by atoms with van der Waals surface area (Å²) in [6.45, 7) is 6.69. The van der Waals surface area contributed by atoms with Gasteiger partial charge in [-0.1, -0.05) is 35.9 Å². The Morgan fingerprint density at radius 2 is 1.97 bits per heavy atom. The quantitative estimate of drug-likeness (QED) is 0.657. The molecule has 3 aliphatic rings. The van der Waals surface area contributed by atoms with Gasteiger partial charge in [0.25, 0.3) is 0 Å². The zero-order valence-corrected chi connectivity index (χ0v) is 17.5. The van der Waals surface area contributed by atoms with Crippen LogP contribution in [-0.2, 0) is 11.3 Å². The summed E-state index contributed by atoms with van der Waals surface area (Å²) in [5, 5.41) is 3.53. The molecule has 4 heterocycles. The third-order valence-electron chi connectivity index (χ3n) is 7.52. The second-order valence-corrected chi connectivity index (χ2v) is 9.23. The molecule has 29 heavy (non-hydrogen) atoms. The van der Waals surface area contributed by atoms with Gasteiger partial charge in [0, 0.05) is 48.7 Å². The molecule has 1 N–H and O–H groups in total. The van der Waals surface area contributed by atoms with Crippen LogP contribution in [0.3, 0.4) is 0 Å². The molecule has 150 valence electrons. The molecular formula is C25H29N3O. The summed E-state index contributed by atoms with van der Waals surface area (Å²) in [5.74, 6) is 0.620. The molecule has 4 atom stereocenters. The van der Waals surface area contributed by atoms with Crippen LogP contribution in [0.1, 0.15) is 36.2 Å². The number of fused-ring (bicyclic) bond motifs is 6. The molecule has 0 radical (unpaired) electrons. The van der Waals surface area contributed by atoms with Gasteiger partial charge in [0.05, 0.1) is 12.1 Å². The van der Waals surface area contributed by atoms with Gasteiger partial charge in [0.1, 0.15) is 0 Å². The number of aryl methyl sites for hydroxylation is 1. The molecule has 0 aliphatic carbocycles. The Morgan fingerprint density at radius 3 is 2.83 bits per heavy atom. The number of piperidine rings is 1. The normalized spacial score (nSPS) is 29.6. The lowest BCUT2D eigenvalue weighted by Gasteiger charge is -2.44. The van der Waals surface area contributed by atoms with Gasteiger partial charge in [-0.3, -0.25) is 9.74 Å². The van der Waals surface area contributed by atoms with E-state index >= 15 is 0 Å². The molecular weight excluding hydrogens is 358 g/mol. The minimum absolute atomic E-state index is 0.326. The second kappa shape index (κ2) is 6.43. The van der Waals surface area contributed by atoms with Crippen LogP contribution in [-0.4, -0.2) is 47.2 Å². The average molecular weight is 388 g/mol. The molecule has 3 aromatic rings. The number of rotatable bonds is 1. The highest BCUT2D eigenvalue weighted by Gasteiger charge is 2.47. The third kappa shape index (κ3) is 2.70. The van der Waals surface area contributed by atoms with Gasteiger partial charge in [-0.15, -0.1) is 0 Å². The first-order valence-electron chi connectivity index (χ1n) is 10.9. The lowest BCUT2D eigenvalue weighted by molar-refractivity contribution is -0.140. The van der Waals surface area contributed by atoms with Crippen LogP contribution in [0.5, 0.6) is 0 Å². The largest absolute Gasteiger partial charge is 0.357 e. The van der Waals surface area contributed by atoms with E-state index in [1.165, 1.54) is 38.9 Å². The van der Waals surface area contributed by atoms with E-state index < -0.39 is 0 Å². The zero-order chi connectivity index (χ0) is 19.7. The third-order valence-corrected chi connectivity index (χ3v) is 7.52. The Bertz CT molecular complexity index is 1090. The molecule has 4 heteroatoms. The highest BCUT2D eigenvalue weighted by Crippen LogP contribution is 2.45. The summed E-state index contributed by atoms with van der Waals surface area (Å²) in [6.07, 6.45) is 2.61. The van der Waals surface area contributed by atoms with E-state index in [2.05, 4.69) is 78.3 Å². The van der Waals surface area contributed by atoms with Crippen LogP contribution in [0.4, 0.5) is 0 Å². The number of aromatic amines is 1. The van der Waals surface area contributed by atoms with E-state index in [1.807, 2.05) is 0 Å². The summed E-state index contributed by atoms with van der Waals surface area (Å²) < 4.78 is 0. The number of nitrogens with zero attached hydrogens (tertiary/aromatic N) is 2. The van der Waals surface area contributed by atoms with Crippen molar-refractivity contribution in [1.29, 1.82) is 0 Å². The number of hydrogen-bond donors (Lipinski definition) is 1. The van der Waals surface area contributed by atoms with Crippen molar-refractivity contribution in [1.82, 2.24) is 14.9 Å². The van der Waals surface area contributed by atoms with Crippen LogP contribution in [0.2, 0.25) is 0 Å². The van der Waals surface area contributed by atoms with Crippen molar-refractivity contribution in [2.75, 3.05) is 20.1 Å². The van der Waals surface area contributed by atoms with E-state index in [0.29, 0.717) is 24.1 Å². The van der Waals surface area contributed by atoms with E-state index in [0.717, 1.165) is 25.9 Å². The fourth-order valence-electron chi connectivity index (χ4n) is 6.00. The molecule has 0 amide bonds. The van der Waals surface area contributed by atoms with Gasteiger partial charge in [0.2, 0.25) is 0 Å². The van der Waals surface area contributed by atoms with Crippen LogP contribution >= 0.6 is 0 Å².